The fourth-order valence-corrected chi connectivity index (χ4v) is 5.75. The van der Waals surface area contributed by atoms with Gasteiger partial charge in [0.05, 0.1) is 35.3 Å². The van der Waals surface area contributed by atoms with Crippen molar-refractivity contribution in [1.29, 1.82) is 0 Å². The summed E-state index contributed by atoms with van der Waals surface area (Å²) in [6.45, 7) is 11.7. The lowest BCUT2D eigenvalue weighted by Gasteiger charge is -2.21. The Balaban J connectivity index is 0.000000276. The van der Waals surface area contributed by atoms with Crippen LogP contribution in [0.1, 0.15) is 62.0 Å². The van der Waals surface area contributed by atoms with Crippen molar-refractivity contribution in [2.75, 3.05) is 40.5 Å². The van der Waals surface area contributed by atoms with Gasteiger partial charge in [-0.15, -0.1) is 6.58 Å². The Morgan fingerprint density at radius 1 is 0.725 bits per heavy atom. The Kier molecular flexibility index (Phi) is 14.1. The summed E-state index contributed by atoms with van der Waals surface area (Å²) in [7, 11) is -4.18. The molecule has 2 heterocycles. The Hall–Kier alpha value is -4.08. The van der Waals surface area contributed by atoms with E-state index in [1.165, 1.54) is 38.4 Å². The number of sulfonamides is 2. The topological polar surface area (TPSA) is 126 Å². The number of hydrogen-bond acceptors (Lipinski definition) is 8. The minimum absolute atomic E-state index is 0.0406. The average Bonchev–Trinajstić information content (AvgIpc) is 3.06. The Morgan fingerprint density at radius 3 is 1.53 bits per heavy atom. The molecule has 0 fully saturated rings. The van der Waals surface area contributed by atoms with Crippen LogP contribution < -0.4 is 8.61 Å². The number of rotatable bonds is 12. The molecule has 0 aliphatic carbocycles. The molecule has 0 N–H and O–H groups in total. The first kappa shape index (κ1) is 41.3. The first-order valence-electron chi connectivity index (χ1n) is 15.9. The van der Waals surface area contributed by atoms with Gasteiger partial charge in [-0.25, -0.2) is 54.2 Å². The zero-order chi connectivity index (χ0) is 38.3. The SMILES string of the molecule is C=CCc1c(-c2ccc(F)cc2)nc(N(C)S(C)(=O)=O)nc1C(C)C.CC(C)c1nc(N(C)S(C)(=O)=O)nc(-c2ccc(F)cc2)c1/C=C/CBr. The maximum Gasteiger partial charge on any atom is 0.239 e. The first-order valence-corrected chi connectivity index (χ1v) is 20.7. The molecule has 0 bridgehead atoms. The standard InChI is InChI=1S/C18H21BrFN3O2S.C18H22FN3O2S/c1-12(2)16-15(6-5-11-19)17(13-7-9-14(20)10-8-13)22-18(21-16)23(3)26(4,24)25;1-6-7-15-16(12(2)3)20-18(22(4)25(5,23)24)21-17(15)13-8-10-14(19)11-9-13/h5-10,12H,11H2,1-4H3;6,8-12H,1,7H2,2-5H3/b6-5+;. The average molecular weight is 806 g/mol. The van der Waals surface area contributed by atoms with Gasteiger partial charge >= 0.3 is 0 Å². The largest absolute Gasteiger partial charge is 0.241 e. The van der Waals surface area contributed by atoms with Crippen molar-refractivity contribution >= 4 is 53.9 Å². The van der Waals surface area contributed by atoms with E-state index in [1.54, 1.807) is 30.3 Å². The lowest BCUT2D eigenvalue weighted by molar-refractivity contribution is 0.597. The highest BCUT2D eigenvalue weighted by atomic mass is 79.9. The molecule has 15 heteroatoms. The molecule has 10 nitrogen and oxygen atoms in total. The molecule has 0 saturated carbocycles. The van der Waals surface area contributed by atoms with Gasteiger partial charge in [0.1, 0.15) is 11.6 Å². The Morgan fingerprint density at radius 2 is 1.14 bits per heavy atom. The van der Waals surface area contributed by atoms with Crippen LogP contribution in [0.4, 0.5) is 20.7 Å². The van der Waals surface area contributed by atoms with E-state index in [1.807, 2.05) is 39.8 Å². The zero-order valence-corrected chi connectivity index (χ0v) is 33.1. The van der Waals surface area contributed by atoms with Crippen LogP contribution in [-0.2, 0) is 26.5 Å². The van der Waals surface area contributed by atoms with E-state index in [0.717, 1.165) is 43.6 Å². The summed E-state index contributed by atoms with van der Waals surface area (Å²) in [4.78, 5) is 17.9. The van der Waals surface area contributed by atoms with Crippen molar-refractivity contribution in [3.05, 3.63) is 101 Å². The molecule has 0 unspecified atom stereocenters. The summed E-state index contributed by atoms with van der Waals surface area (Å²) in [5, 5.41) is 0.651. The second-order valence-electron chi connectivity index (χ2n) is 12.2. The van der Waals surface area contributed by atoms with E-state index < -0.39 is 20.0 Å². The van der Waals surface area contributed by atoms with Gasteiger partial charge in [-0.05, 0) is 66.8 Å². The van der Waals surface area contributed by atoms with E-state index in [-0.39, 0.29) is 35.4 Å². The van der Waals surface area contributed by atoms with Crippen molar-refractivity contribution in [3.63, 3.8) is 0 Å². The number of halogens is 3. The van der Waals surface area contributed by atoms with Crippen molar-refractivity contribution in [1.82, 2.24) is 19.9 Å². The minimum atomic E-state index is -3.51. The van der Waals surface area contributed by atoms with Gasteiger partial charge in [-0.2, -0.15) is 0 Å². The zero-order valence-electron chi connectivity index (χ0n) is 29.9. The number of alkyl halides is 1. The molecule has 0 saturated heterocycles. The normalized spacial score (nSPS) is 11.9. The van der Waals surface area contributed by atoms with Crippen LogP contribution in [0.15, 0.2) is 67.3 Å². The molecule has 0 amide bonds. The first-order chi connectivity index (χ1) is 23.8. The van der Waals surface area contributed by atoms with E-state index in [9.17, 15) is 25.6 Å². The second-order valence-corrected chi connectivity index (χ2v) is 16.9. The van der Waals surface area contributed by atoms with Crippen molar-refractivity contribution in [2.24, 2.45) is 0 Å². The molecule has 274 valence electrons. The van der Waals surface area contributed by atoms with Gasteiger partial charge in [0.15, 0.2) is 0 Å². The molecule has 0 radical (unpaired) electrons. The second kappa shape index (κ2) is 17.4. The predicted octanol–water partition coefficient (Wildman–Crippen LogP) is 7.74. The maximum absolute atomic E-state index is 13.3. The highest BCUT2D eigenvalue weighted by Crippen LogP contribution is 2.33. The summed E-state index contributed by atoms with van der Waals surface area (Å²) >= 11 is 3.36. The maximum atomic E-state index is 13.3. The van der Waals surface area contributed by atoms with Crippen molar-refractivity contribution in [3.8, 4) is 22.5 Å². The molecule has 0 spiro atoms. The van der Waals surface area contributed by atoms with E-state index in [2.05, 4.69) is 42.4 Å². The van der Waals surface area contributed by atoms with Crippen LogP contribution in [0, 0.1) is 11.6 Å². The van der Waals surface area contributed by atoms with Gasteiger partial charge in [0, 0.05) is 41.7 Å². The molecule has 4 aromatic rings. The third kappa shape index (κ3) is 10.7. The molecular formula is C36H43BrF2N6O4S2. The van der Waals surface area contributed by atoms with Crippen LogP contribution in [0.25, 0.3) is 28.6 Å². The molecule has 0 atom stereocenters. The lowest BCUT2D eigenvalue weighted by Crippen LogP contribution is -2.27. The summed E-state index contributed by atoms with van der Waals surface area (Å²) < 4.78 is 76.4. The number of nitrogens with zero attached hydrogens (tertiary/aromatic N) is 6. The number of anilines is 2. The summed E-state index contributed by atoms with van der Waals surface area (Å²) in [5.74, 6) is -0.411. The number of benzene rings is 2. The fraction of sp³-hybridized carbons (Fsp3) is 0.333. The molecule has 0 aliphatic rings. The number of allylic oxidation sites excluding steroid dienone is 2. The van der Waals surface area contributed by atoms with Crippen LogP contribution in [0.3, 0.4) is 0 Å². The number of aromatic nitrogens is 4. The predicted molar refractivity (Wildman–Crippen MR) is 206 cm³/mol. The Labute approximate surface area is 308 Å². The van der Waals surface area contributed by atoms with Crippen molar-refractivity contribution < 1.29 is 25.6 Å². The minimum Gasteiger partial charge on any atom is -0.241 e. The van der Waals surface area contributed by atoms with Crippen LogP contribution >= 0.6 is 15.9 Å². The molecular weight excluding hydrogens is 762 g/mol. The van der Waals surface area contributed by atoms with E-state index >= 15 is 0 Å². The molecule has 2 aromatic carbocycles. The van der Waals surface area contributed by atoms with Gasteiger partial charge in [-0.1, -0.05) is 61.9 Å². The molecule has 51 heavy (non-hydrogen) atoms. The summed E-state index contributed by atoms with van der Waals surface area (Å²) in [6.07, 6.45) is 8.29. The molecule has 4 rings (SSSR count). The van der Waals surface area contributed by atoms with Gasteiger partial charge in [-0.3, -0.25) is 0 Å². The highest BCUT2D eigenvalue weighted by molar-refractivity contribution is 9.09. The van der Waals surface area contributed by atoms with E-state index in [4.69, 9.17) is 0 Å². The van der Waals surface area contributed by atoms with Gasteiger partial charge < -0.3 is 0 Å². The van der Waals surface area contributed by atoms with Crippen LogP contribution in [0.2, 0.25) is 0 Å². The van der Waals surface area contributed by atoms with Gasteiger partial charge in [0.25, 0.3) is 0 Å². The smallest absolute Gasteiger partial charge is 0.239 e. The Bertz CT molecular complexity index is 2090. The lowest BCUT2D eigenvalue weighted by atomic mass is 9.96. The summed E-state index contributed by atoms with van der Waals surface area (Å²) in [5.41, 5.74) is 5.66. The third-order valence-corrected chi connectivity index (χ3v) is 10.3. The highest BCUT2D eigenvalue weighted by Gasteiger charge is 2.24. The van der Waals surface area contributed by atoms with Crippen LogP contribution in [-0.4, -0.2) is 68.7 Å². The molecule has 2 aromatic heterocycles. The van der Waals surface area contributed by atoms with Crippen molar-refractivity contribution in [2.45, 2.75) is 46.0 Å². The van der Waals surface area contributed by atoms with Crippen LogP contribution in [0.5, 0.6) is 0 Å². The van der Waals surface area contributed by atoms with E-state index in [0.29, 0.717) is 34.3 Å². The monoisotopic (exact) mass is 804 g/mol. The fourth-order valence-electron chi connectivity index (χ4n) is 4.81. The third-order valence-electron chi connectivity index (χ3n) is 7.60. The number of hydrogen-bond donors (Lipinski definition) is 0. The van der Waals surface area contributed by atoms with Gasteiger partial charge in [0.2, 0.25) is 31.9 Å². The quantitative estimate of drug-likeness (QED) is 0.105. The summed E-state index contributed by atoms with van der Waals surface area (Å²) in [6, 6.07) is 11.9. The molecule has 0 aliphatic heterocycles.